The van der Waals surface area contributed by atoms with E-state index < -0.39 is 0 Å². The zero-order valence-electron chi connectivity index (χ0n) is 5.41. The van der Waals surface area contributed by atoms with Crippen LogP contribution in [-0.4, -0.2) is 13.6 Å². The van der Waals surface area contributed by atoms with Gasteiger partial charge in [-0.15, -0.1) is 0 Å². The lowest BCUT2D eigenvalue weighted by molar-refractivity contribution is -0.0354. The highest BCUT2D eigenvalue weighted by Crippen LogP contribution is 2.01. The fourth-order valence-corrected chi connectivity index (χ4v) is 0.306. The third-order valence-electron chi connectivity index (χ3n) is 0.408. The summed E-state index contributed by atoms with van der Waals surface area (Å²) in [6.07, 6.45) is 0. The Labute approximate surface area is 45.6 Å². The van der Waals surface area contributed by atoms with Crippen molar-refractivity contribution in [3.05, 3.63) is 0 Å². The first-order chi connectivity index (χ1) is 3.06. The average molecular weight is 101 g/mol. The number of nitrogens with one attached hydrogen (secondary N) is 1. The molecule has 7 heavy (non-hydrogen) atoms. The van der Waals surface area contributed by atoms with Gasteiger partial charge in [0.25, 0.3) is 0 Å². The lowest BCUT2D eigenvalue weighted by Gasteiger charge is -2.17. The van der Waals surface area contributed by atoms with Crippen LogP contribution < -0.4 is 5.39 Å². The molecule has 0 aliphatic rings. The van der Waals surface area contributed by atoms with Crippen molar-refractivity contribution in [2.45, 2.75) is 26.4 Å². The molecule has 1 N–H and O–H groups in total. The van der Waals surface area contributed by atoms with E-state index >= 15 is 0 Å². The minimum atomic E-state index is -0.0608. The zero-order valence-corrected chi connectivity index (χ0v) is 5.41. The molecule has 0 amide bonds. The van der Waals surface area contributed by atoms with Gasteiger partial charge >= 0.3 is 0 Å². The van der Waals surface area contributed by atoms with Crippen LogP contribution in [0.2, 0.25) is 0 Å². The van der Waals surface area contributed by atoms with Gasteiger partial charge in [0, 0.05) is 0 Å². The van der Waals surface area contributed by atoms with Gasteiger partial charge in [-0.25, -0.2) is 0 Å². The van der Waals surface area contributed by atoms with Crippen LogP contribution in [0.15, 0.2) is 0 Å². The van der Waals surface area contributed by atoms with E-state index in [-0.39, 0.29) is 5.60 Å². The van der Waals surface area contributed by atoms with Gasteiger partial charge in [-0.05, 0) is 20.8 Å². The van der Waals surface area contributed by atoms with Crippen molar-refractivity contribution in [3.8, 4) is 0 Å². The molecule has 0 aromatic rings. The standard InChI is InChI=1S/C4H12BNO/c1-4(2,3)7-6-5/h6H,5H2,1-3H3. The van der Waals surface area contributed by atoms with Gasteiger partial charge in [-0.1, -0.05) is 0 Å². The normalized spacial score (nSPS) is 11.9. The molecule has 2 nitrogen and oxygen atoms in total. The van der Waals surface area contributed by atoms with E-state index in [9.17, 15) is 0 Å². The molecule has 0 heterocycles. The summed E-state index contributed by atoms with van der Waals surface area (Å²) in [6, 6.07) is 0. The maximum absolute atomic E-state index is 4.98. The third kappa shape index (κ3) is 5.98. The molecule has 0 saturated carbocycles. The summed E-state index contributed by atoms with van der Waals surface area (Å²) in [5.74, 6) is 0. The Morgan fingerprint density at radius 2 is 1.86 bits per heavy atom. The molecule has 42 valence electrons. The zero-order chi connectivity index (χ0) is 5.91. The van der Waals surface area contributed by atoms with Crippen LogP contribution in [0.5, 0.6) is 0 Å². The van der Waals surface area contributed by atoms with Crippen LogP contribution in [0.25, 0.3) is 0 Å². The predicted molar refractivity (Wildman–Crippen MR) is 32.5 cm³/mol. The fraction of sp³-hybridized carbons (Fsp3) is 1.00. The van der Waals surface area contributed by atoms with Gasteiger partial charge in [0.15, 0.2) is 0 Å². The van der Waals surface area contributed by atoms with E-state index in [0.29, 0.717) is 0 Å². The Kier molecular flexibility index (Phi) is 2.33. The smallest absolute Gasteiger partial charge is 0.216 e. The summed E-state index contributed by atoms with van der Waals surface area (Å²) in [6.45, 7) is 5.97. The Morgan fingerprint density at radius 3 is 1.86 bits per heavy atom. The molecule has 0 atom stereocenters. The largest absolute Gasteiger partial charge is 0.308 e. The molecule has 0 bridgehead atoms. The number of rotatable bonds is 1. The highest BCUT2D eigenvalue weighted by atomic mass is 16.7. The molecule has 0 radical (unpaired) electrons. The molecule has 0 aliphatic carbocycles. The van der Waals surface area contributed by atoms with Crippen molar-refractivity contribution < 1.29 is 4.84 Å². The molecule has 0 spiro atoms. The van der Waals surface area contributed by atoms with Gasteiger partial charge in [-0.3, -0.25) is 5.39 Å². The van der Waals surface area contributed by atoms with Gasteiger partial charge in [-0.2, -0.15) is 0 Å². The maximum atomic E-state index is 4.98. The van der Waals surface area contributed by atoms with Crippen LogP contribution in [0.1, 0.15) is 20.8 Å². The van der Waals surface area contributed by atoms with E-state index in [1.54, 1.807) is 7.98 Å². The summed E-state index contributed by atoms with van der Waals surface area (Å²) in [7, 11) is 1.76. The van der Waals surface area contributed by atoms with Crippen LogP contribution in [0, 0.1) is 0 Å². The van der Waals surface area contributed by atoms with Gasteiger partial charge in [0.2, 0.25) is 7.98 Å². The Balaban J connectivity index is 3.15. The van der Waals surface area contributed by atoms with Crippen LogP contribution in [-0.2, 0) is 4.84 Å². The molecular formula is C4H12BNO. The van der Waals surface area contributed by atoms with Crippen molar-refractivity contribution in [1.82, 2.24) is 5.39 Å². The molecule has 0 aromatic carbocycles. The monoisotopic (exact) mass is 101 g/mol. The fourth-order valence-electron chi connectivity index (χ4n) is 0.306. The minimum Gasteiger partial charge on any atom is -0.308 e. The van der Waals surface area contributed by atoms with Crippen LogP contribution in [0.4, 0.5) is 0 Å². The molecule has 0 unspecified atom stereocenters. The van der Waals surface area contributed by atoms with Crippen molar-refractivity contribution in [3.63, 3.8) is 0 Å². The summed E-state index contributed by atoms with van der Waals surface area (Å²) < 4.78 is 0. The Hall–Kier alpha value is -0.0151. The van der Waals surface area contributed by atoms with Gasteiger partial charge in [0.1, 0.15) is 0 Å². The number of hydrogen-bond acceptors (Lipinski definition) is 2. The summed E-state index contributed by atoms with van der Waals surface area (Å²) in [4.78, 5) is 4.98. The highest BCUT2D eigenvalue weighted by Gasteiger charge is 2.07. The average Bonchev–Trinajstić information content (AvgIpc) is 1.30. The van der Waals surface area contributed by atoms with E-state index in [4.69, 9.17) is 4.84 Å². The molecule has 0 fully saturated rings. The van der Waals surface area contributed by atoms with Crippen molar-refractivity contribution >= 4 is 7.98 Å². The van der Waals surface area contributed by atoms with Crippen LogP contribution in [0.3, 0.4) is 0 Å². The first kappa shape index (κ1) is 6.98. The second-order valence-electron chi connectivity index (χ2n) is 2.42. The molecule has 3 heteroatoms. The van der Waals surface area contributed by atoms with E-state index in [1.807, 2.05) is 20.8 Å². The SMILES string of the molecule is BNOC(C)(C)C. The lowest BCUT2D eigenvalue weighted by atomic mass is 10.2. The Morgan fingerprint density at radius 1 is 1.43 bits per heavy atom. The van der Waals surface area contributed by atoms with Crippen molar-refractivity contribution in [2.24, 2.45) is 0 Å². The molecular weight excluding hydrogens is 88.9 g/mol. The summed E-state index contributed by atoms with van der Waals surface area (Å²) in [5.41, 5.74) is -0.0608. The van der Waals surface area contributed by atoms with Crippen LogP contribution >= 0.6 is 0 Å². The van der Waals surface area contributed by atoms with Gasteiger partial charge < -0.3 is 4.84 Å². The summed E-state index contributed by atoms with van der Waals surface area (Å²) in [5, 5.41) is 2.61. The van der Waals surface area contributed by atoms with Gasteiger partial charge in [0.05, 0.1) is 5.60 Å². The van der Waals surface area contributed by atoms with Crippen molar-refractivity contribution in [1.29, 1.82) is 0 Å². The topological polar surface area (TPSA) is 21.3 Å². The van der Waals surface area contributed by atoms with E-state index in [2.05, 4.69) is 5.39 Å². The van der Waals surface area contributed by atoms with E-state index in [0.717, 1.165) is 0 Å². The number of hydrogen-bond donors (Lipinski definition) is 1. The molecule has 0 rings (SSSR count). The second kappa shape index (κ2) is 2.33. The summed E-state index contributed by atoms with van der Waals surface area (Å²) >= 11 is 0. The minimum absolute atomic E-state index is 0.0608. The first-order valence-electron chi connectivity index (χ1n) is 2.41. The van der Waals surface area contributed by atoms with Crippen molar-refractivity contribution in [2.75, 3.05) is 0 Å². The third-order valence-corrected chi connectivity index (χ3v) is 0.408. The molecule has 0 aliphatic heterocycles. The maximum Gasteiger partial charge on any atom is 0.216 e. The first-order valence-corrected chi connectivity index (χ1v) is 2.41. The van der Waals surface area contributed by atoms with E-state index in [1.165, 1.54) is 0 Å². The Bertz CT molecular complexity index is 50.1. The highest BCUT2D eigenvalue weighted by molar-refractivity contribution is 6.03. The predicted octanol–water partition coefficient (Wildman–Crippen LogP) is -0.146. The quantitative estimate of drug-likeness (QED) is 0.366. The lowest BCUT2D eigenvalue weighted by Crippen LogP contribution is -2.27. The molecule has 0 saturated heterocycles. The second-order valence-corrected chi connectivity index (χ2v) is 2.42. The molecule has 0 aromatic heterocycles.